The molecule has 4 bridgehead atoms. The van der Waals surface area contributed by atoms with E-state index in [1.807, 2.05) is 53.7 Å². The number of carboxylic acids is 9. The van der Waals surface area contributed by atoms with E-state index in [9.17, 15) is 52.7 Å². The first-order chi connectivity index (χ1) is 42.1. The van der Waals surface area contributed by atoms with Crippen LogP contribution in [0.2, 0.25) is 0 Å². The molecule has 0 spiro atoms. The molecule has 29 heteroatoms. The van der Waals surface area contributed by atoms with Gasteiger partial charge >= 0.3 is 65.7 Å². The third kappa shape index (κ3) is 20.5. The van der Waals surface area contributed by atoms with Crippen LogP contribution in [0, 0.1) is 22.7 Å². The molecule has 2 heterocycles. The van der Waals surface area contributed by atoms with Crippen LogP contribution in [0.1, 0.15) is 167 Å². The fraction of sp³-hybridized carbons (Fsp3) is 0.629. The smallest absolute Gasteiger partial charge is 0.336 e. The summed E-state index contributed by atoms with van der Waals surface area (Å²) in [6, 6.07) is 14.2. The molecule has 91 heavy (non-hydrogen) atoms. The van der Waals surface area contributed by atoms with Crippen molar-refractivity contribution in [3.63, 3.8) is 0 Å². The lowest BCUT2D eigenvalue weighted by atomic mass is 9.53. The Hall–Kier alpha value is -7.99. The number of rotatable bonds is 21. The van der Waals surface area contributed by atoms with Crippen LogP contribution >= 0.6 is 0 Å². The Morgan fingerprint density at radius 3 is 0.978 bits per heavy atom. The molecule has 2 aliphatic heterocycles. The number of piperidine rings is 2. The van der Waals surface area contributed by atoms with Crippen molar-refractivity contribution < 1.29 is 133 Å². The summed E-state index contributed by atoms with van der Waals surface area (Å²) in [7, 11) is 0. The molecule has 0 unspecified atom stereocenters. The highest BCUT2D eigenvalue weighted by Gasteiger charge is 2.53. The molecule has 506 valence electrons. The maximum Gasteiger partial charge on any atom is 0.336 e. The molecule has 0 amide bonds. The van der Waals surface area contributed by atoms with Gasteiger partial charge in [0.1, 0.15) is 11.5 Å². The number of carbonyl (C=O) groups excluding carboxylic acids is 2. The van der Waals surface area contributed by atoms with E-state index in [2.05, 4.69) is 34.9 Å². The second kappa shape index (κ2) is 31.4. The maximum atomic E-state index is 11.9. The second-order valence-corrected chi connectivity index (χ2v) is 26.0. The minimum Gasteiger partial charge on any atom is -0.481 e. The van der Waals surface area contributed by atoms with Crippen LogP contribution in [0.5, 0.6) is 11.5 Å². The first-order valence-corrected chi connectivity index (χ1v) is 29.7. The maximum absolute atomic E-state index is 11.9. The predicted molar refractivity (Wildman–Crippen MR) is 314 cm³/mol. The summed E-state index contributed by atoms with van der Waals surface area (Å²) >= 11 is 0. The van der Waals surface area contributed by atoms with Crippen molar-refractivity contribution >= 4 is 65.7 Å². The molecule has 0 radical (unpaired) electrons. The van der Waals surface area contributed by atoms with Gasteiger partial charge in [0.2, 0.25) is 13.6 Å². The number of benzene rings is 2. The number of fused-ring (bicyclic) bond motifs is 2. The standard InChI is InChI=1S/2C22H31NO3.3C6H8O7/c2*1-21(2,3)20(24)26-14-25-16-8-7-15-12-19-17-6-4-5-9-22(17,10-11-23-19)18(15)13-16;3*7-3(8)1-6(13,5(11)12)2-4(9)10/h2*7-8,13,17,19,23H,4-6,9-12,14H2,1-3H3;3*13H,1-2H2,(H,7,8)(H,9,10)(H,11,12)/t2*17-,19-,22+;;;/m11.../s1. The zero-order valence-electron chi connectivity index (χ0n) is 51.8. The number of hydrogen-bond acceptors (Lipinski definition) is 20. The molecular weight excluding hydrogens is 1200 g/mol. The van der Waals surface area contributed by atoms with Gasteiger partial charge in [-0.25, -0.2) is 14.4 Å². The van der Waals surface area contributed by atoms with Crippen LogP contribution in [0.15, 0.2) is 36.4 Å². The molecule has 6 atom stereocenters. The third-order valence-electron chi connectivity index (χ3n) is 17.1. The minimum absolute atomic E-state index is 0.0184. The van der Waals surface area contributed by atoms with Crippen LogP contribution in [0.4, 0.5) is 0 Å². The van der Waals surface area contributed by atoms with E-state index in [0.717, 1.165) is 49.3 Å². The van der Waals surface area contributed by atoms with Gasteiger partial charge in [0.25, 0.3) is 0 Å². The first-order valence-electron chi connectivity index (χ1n) is 29.7. The number of carbonyl (C=O) groups is 11. The van der Waals surface area contributed by atoms with Crippen molar-refractivity contribution in [2.24, 2.45) is 22.7 Å². The Kier molecular flexibility index (Phi) is 26.0. The summed E-state index contributed by atoms with van der Waals surface area (Å²) < 4.78 is 22.1. The van der Waals surface area contributed by atoms with E-state index >= 15 is 0 Å². The Balaban J connectivity index is 0.000000255. The number of esters is 2. The minimum atomic E-state index is -2.74. The highest BCUT2D eigenvalue weighted by Crippen LogP contribution is 2.56. The lowest BCUT2D eigenvalue weighted by molar-refractivity contribution is -0.170. The van der Waals surface area contributed by atoms with Gasteiger partial charge in [-0.3, -0.25) is 38.4 Å². The van der Waals surface area contributed by atoms with E-state index < -0.39 is 120 Å². The summed E-state index contributed by atoms with van der Waals surface area (Å²) in [6.07, 6.45) is 8.49. The molecule has 2 saturated carbocycles. The van der Waals surface area contributed by atoms with Crippen molar-refractivity contribution in [1.29, 1.82) is 0 Å². The molecular formula is C62H86N2O27. The molecule has 0 aromatic heterocycles. The summed E-state index contributed by atoms with van der Waals surface area (Å²) in [6.45, 7) is 13.3. The zero-order chi connectivity index (χ0) is 68.7. The fourth-order valence-electron chi connectivity index (χ4n) is 12.9. The molecule has 4 aliphatic carbocycles. The Morgan fingerprint density at radius 2 is 0.725 bits per heavy atom. The molecule has 14 N–H and O–H groups in total. The molecule has 2 saturated heterocycles. The molecule has 29 nitrogen and oxygen atoms in total. The monoisotopic (exact) mass is 1290 g/mol. The normalized spacial score (nSPS) is 21.9. The molecule has 8 rings (SSSR count). The average Bonchev–Trinajstić information content (AvgIpc) is 0.734. The summed E-state index contributed by atoms with van der Waals surface area (Å²) in [5.41, 5.74) is -2.63. The van der Waals surface area contributed by atoms with Crippen LogP contribution in [0.3, 0.4) is 0 Å². The van der Waals surface area contributed by atoms with E-state index in [4.69, 9.17) is 80.2 Å². The van der Waals surface area contributed by atoms with Crippen molar-refractivity contribution in [1.82, 2.24) is 10.6 Å². The quantitative estimate of drug-likeness (QED) is 0.0616. The van der Waals surface area contributed by atoms with Crippen molar-refractivity contribution in [2.75, 3.05) is 26.7 Å². The molecule has 2 aromatic carbocycles. The van der Waals surface area contributed by atoms with E-state index in [-0.39, 0.29) is 25.5 Å². The number of carboxylic acid groups (broad SMARTS) is 9. The molecule has 6 aliphatic rings. The van der Waals surface area contributed by atoms with Crippen molar-refractivity contribution in [3.8, 4) is 11.5 Å². The number of aliphatic carboxylic acids is 9. The third-order valence-corrected chi connectivity index (χ3v) is 17.1. The van der Waals surface area contributed by atoms with E-state index in [1.165, 1.54) is 86.5 Å². The SMILES string of the molecule is CC(C)(C)C(=O)OCOc1ccc2c(c1)[C@]13CCCC[C@@H]1[C@@H](C2)NCC3.CC(C)(C)C(=O)OCOc1ccc2c(c1)[C@]13CCCC[C@@H]1[C@@H](C2)NCC3.O=C(O)CC(O)(CC(=O)O)C(=O)O.O=C(O)CC(O)(CC(=O)O)C(=O)O.O=C(O)CC(O)(CC(=O)O)C(=O)O. The average molecular weight is 1290 g/mol. The lowest BCUT2D eigenvalue weighted by Crippen LogP contribution is -2.59. The van der Waals surface area contributed by atoms with Crippen LogP contribution in [-0.4, -0.2) is 183 Å². The predicted octanol–water partition coefficient (Wildman–Crippen LogP) is 4.17. The molecule has 4 fully saturated rings. The van der Waals surface area contributed by atoms with Gasteiger partial charge in [0.05, 0.1) is 49.4 Å². The van der Waals surface area contributed by atoms with Gasteiger partial charge in [0.15, 0.2) is 16.8 Å². The van der Waals surface area contributed by atoms with Gasteiger partial charge in [-0.05, 0) is 164 Å². The topological polar surface area (TPSA) is 492 Å². The van der Waals surface area contributed by atoms with Gasteiger partial charge < -0.3 is 90.9 Å². The number of ether oxygens (including phenoxy) is 4. The van der Waals surface area contributed by atoms with Crippen molar-refractivity contribution in [2.45, 2.75) is 197 Å². The van der Waals surface area contributed by atoms with Crippen molar-refractivity contribution in [3.05, 3.63) is 58.7 Å². The lowest BCUT2D eigenvalue weighted by Gasteiger charge is -2.56. The van der Waals surface area contributed by atoms with E-state index in [0.29, 0.717) is 22.9 Å². The Bertz CT molecular complexity index is 2700. The Morgan fingerprint density at radius 1 is 0.440 bits per heavy atom. The summed E-state index contributed by atoms with van der Waals surface area (Å²) in [5.74, 6) is -12.4. The Labute approximate surface area is 524 Å². The van der Waals surface area contributed by atoms with Gasteiger partial charge in [-0.2, -0.15) is 0 Å². The fourth-order valence-corrected chi connectivity index (χ4v) is 12.9. The zero-order valence-corrected chi connectivity index (χ0v) is 51.8. The van der Waals surface area contributed by atoms with Gasteiger partial charge in [-0.1, -0.05) is 37.8 Å². The summed E-state index contributed by atoms with van der Waals surface area (Å²) in [5, 5.41) is 109. The second-order valence-electron chi connectivity index (χ2n) is 26.0. The largest absolute Gasteiger partial charge is 0.481 e. The van der Waals surface area contributed by atoms with E-state index in [1.54, 1.807) is 0 Å². The number of hydrogen-bond donors (Lipinski definition) is 14. The number of aliphatic hydroxyl groups is 3. The van der Waals surface area contributed by atoms with Crippen LogP contribution in [0.25, 0.3) is 0 Å². The summed E-state index contributed by atoms with van der Waals surface area (Å²) in [4.78, 5) is 115. The highest BCUT2D eigenvalue weighted by molar-refractivity contribution is 5.89. The first kappa shape index (κ1) is 75.5. The van der Waals surface area contributed by atoms with Crippen LogP contribution < -0.4 is 20.1 Å². The van der Waals surface area contributed by atoms with Crippen LogP contribution in [-0.2, 0) is 85.9 Å². The van der Waals surface area contributed by atoms with Gasteiger partial charge in [0, 0.05) is 22.9 Å². The highest BCUT2D eigenvalue weighted by atomic mass is 16.7. The molecule has 2 aromatic rings. The van der Waals surface area contributed by atoms with Gasteiger partial charge in [-0.15, -0.1) is 0 Å². The number of nitrogens with one attached hydrogen (secondary N) is 2.